The highest BCUT2D eigenvalue weighted by Crippen LogP contribution is 2.17. The van der Waals surface area contributed by atoms with Crippen LogP contribution in [0.3, 0.4) is 0 Å². The van der Waals surface area contributed by atoms with Gasteiger partial charge >= 0.3 is 0 Å². The summed E-state index contributed by atoms with van der Waals surface area (Å²) in [6.07, 6.45) is 0. The predicted molar refractivity (Wildman–Crippen MR) is 70.1 cm³/mol. The molecule has 0 bridgehead atoms. The van der Waals surface area contributed by atoms with Gasteiger partial charge in [0.15, 0.2) is 10.9 Å². The Hall–Kier alpha value is -1.64. The molecule has 0 radical (unpaired) electrons. The van der Waals surface area contributed by atoms with Crippen molar-refractivity contribution < 1.29 is 9.59 Å². The van der Waals surface area contributed by atoms with Crippen molar-refractivity contribution in [3.63, 3.8) is 0 Å². The van der Waals surface area contributed by atoms with Crippen LogP contribution < -0.4 is 11.1 Å². The number of hydrogen-bond acceptors (Lipinski definition) is 7. The van der Waals surface area contributed by atoms with Crippen molar-refractivity contribution in [2.45, 2.75) is 13.5 Å². The van der Waals surface area contributed by atoms with Crippen LogP contribution >= 0.6 is 22.7 Å². The number of rotatable bonds is 4. The van der Waals surface area contributed by atoms with Gasteiger partial charge in [0.1, 0.15) is 16.4 Å². The Bertz CT molecular complexity index is 590. The van der Waals surface area contributed by atoms with Crippen LogP contribution in [0.2, 0.25) is 0 Å². The van der Waals surface area contributed by atoms with E-state index in [1.54, 1.807) is 10.8 Å². The Morgan fingerprint density at radius 3 is 2.56 bits per heavy atom. The first-order valence-corrected chi connectivity index (χ1v) is 6.78. The maximum Gasteiger partial charge on any atom is 0.276 e. The highest BCUT2D eigenvalue weighted by atomic mass is 32.1. The molecule has 2 aromatic rings. The average Bonchev–Trinajstić information content (AvgIpc) is 2.96. The Kier molecular flexibility index (Phi) is 3.80. The van der Waals surface area contributed by atoms with Gasteiger partial charge in [0.05, 0.1) is 0 Å². The average molecular weight is 282 g/mol. The van der Waals surface area contributed by atoms with E-state index in [-0.39, 0.29) is 11.7 Å². The van der Waals surface area contributed by atoms with Gasteiger partial charge in [-0.1, -0.05) is 0 Å². The van der Waals surface area contributed by atoms with Crippen molar-refractivity contribution in [1.29, 1.82) is 0 Å². The summed E-state index contributed by atoms with van der Waals surface area (Å²) in [4.78, 5) is 30.9. The molecule has 0 aliphatic heterocycles. The van der Waals surface area contributed by atoms with Gasteiger partial charge in [-0.2, -0.15) is 0 Å². The summed E-state index contributed by atoms with van der Waals surface area (Å²) in [6, 6.07) is 0. The first-order chi connectivity index (χ1) is 8.60. The second-order valence-corrected chi connectivity index (χ2v) is 5.18. The summed E-state index contributed by atoms with van der Waals surface area (Å²) in [6.45, 7) is 1.73. The molecule has 0 saturated heterocycles. The number of nitrogens with zero attached hydrogens (tertiary/aromatic N) is 2. The number of nitrogens with one attached hydrogen (secondary N) is 1. The second kappa shape index (κ2) is 5.34. The third-order valence-electron chi connectivity index (χ3n) is 2.04. The summed E-state index contributed by atoms with van der Waals surface area (Å²) >= 11 is 2.53. The monoisotopic (exact) mass is 282 g/mol. The number of thiazole rings is 2. The van der Waals surface area contributed by atoms with Crippen LogP contribution in [0.25, 0.3) is 0 Å². The molecule has 8 heteroatoms. The van der Waals surface area contributed by atoms with Crippen LogP contribution in [0.15, 0.2) is 10.8 Å². The number of anilines is 1. The van der Waals surface area contributed by atoms with Gasteiger partial charge < -0.3 is 5.73 Å². The topological polar surface area (TPSA) is 98.0 Å². The van der Waals surface area contributed by atoms with E-state index in [0.29, 0.717) is 28.1 Å². The summed E-state index contributed by atoms with van der Waals surface area (Å²) < 4.78 is 0. The Labute approximate surface area is 111 Å². The fraction of sp³-hybridized carbons (Fsp3) is 0.200. The zero-order chi connectivity index (χ0) is 13.1. The van der Waals surface area contributed by atoms with Crippen LogP contribution in [0.1, 0.15) is 32.9 Å². The molecule has 2 rings (SSSR count). The summed E-state index contributed by atoms with van der Waals surface area (Å²) in [5.41, 5.74) is 6.07. The minimum absolute atomic E-state index is 0.133. The van der Waals surface area contributed by atoms with Crippen LogP contribution in [-0.4, -0.2) is 21.7 Å². The molecule has 0 unspecified atom stereocenters. The summed E-state index contributed by atoms with van der Waals surface area (Å²) in [7, 11) is 0. The van der Waals surface area contributed by atoms with Gasteiger partial charge in [-0.15, -0.1) is 22.7 Å². The minimum Gasteiger partial charge on any atom is -0.325 e. The zero-order valence-electron chi connectivity index (χ0n) is 9.47. The molecule has 2 aromatic heterocycles. The predicted octanol–water partition coefficient (Wildman–Crippen LogP) is 1.51. The molecule has 1 amide bonds. The van der Waals surface area contributed by atoms with E-state index in [2.05, 4.69) is 15.3 Å². The first-order valence-electron chi connectivity index (χ1n) is 5.02. The van der Waals surface area contributed by atoms with Gasteiger partial charge in [-0.05, 0) is 0 Å². The molecule has 0 atom stereocenters. The molecule has 3 N–H and O–H groups in total. The van der Waals surface area contributed by atoms with Crippen LogP contribution in [0.5, 0.6) is 0 Å². The van der Waals surface area contributed by atoms with Gasteiger partial charge in [-0.25, -0.2) is 9.97 Å². The Morgan fingerprint density at radius 2 is 2.00 bits per heavy atom. The van der Waals surface area contributed by atoms with Crippen molar-refractivity contribution in [2.24, 2.45) is 5.73 Å². The third-order valence-corrected chi connectivity index (χ3v) is 3.67. The fourth-order valence-electron chi connectivity index (χ4n) is 1.16. The lowest BCUT2D eigenvalue weighted by Gasteiger charge is -1.97. The molecule has 0 saturated carbocycles. The van der Waals surface area contributed by atoms with E-state index in [9.17, 15) is 9.59 Å². The van der Waals surface area contributed by atoms with Crippen molar-refractivity contribution in [1.82, 2.24) is 9.97 Å². The highest BCUT2D eigenvalue weighted by Gasteiger charge is 2.13. The molecule has 0 aliphatic carbocycles. The Morgan fingerprint density at radius 1 is 1.28 bits per heavy atom. The SMILES string of the molecule is CC(=O)c1csc(NC(=O)c2csc(CN)n2)n1. The molecule has 0 aromatic carbocycles. The summed E-state index contributed by atoms with van der Waals surface area (Å²) in [5, 5.41) is 6.91. The highest BCUT2D eigenvalue weighted by molar-refractivity contribution is 7.14. The number of amides is 1. The standard InChI is InChI=1S/C10H10N4O2S2/c1-5(15)6-3-18-10(13-6)14-9(16)7-4-17-8(2-11)12-7/h3-4H,2,11H2,1H3,(H,13,14,16). The van der Waals surface area contributed by atoms with Crippen LogP contribution in [0.4, 0.5) is 5.13 Å². The minimum atomic E-state index is -0.351. The van der Waals surface area contributed by atoms with E-state index in [4.69, 9.17) is 5.73 Å². The first kappa shape index (κ1) is 12.8. The third kappa shape index (κ3) is 2.78. The molecular weight excluding hydrogens is 272 g/mol. The molecule has 94 valence electrons. The number of hydrogen-bond donors (Lipinski definition) is 2. The normalized spacial score (nSPS) is 10.3. The van der Waals surface area contributed by atoms with E-state index >= 15 is 0 Å². The van der Waals surface area contributed by atoms with E-state index < -0.39 is 0 Å². The zero-order valence-corrected chi connectivity index (χ0v) is 11.1. The van der Waals surface area contributed by atoms with Crippen molar-refractivity contribution in [2.75, 3.05) is 5.32 Å². The second-order valence-electron chi connectivity index (χ2n) is 3.38. The van der Waals surface area contributed by atoms with Crippen molar-refractivity contribution in [3.05, 3.63) is 27.2 Å². The molecule has 18 heavy (non-hydrogen) atoms. The maximum atomic E-state index is 11.8. The molecule has 0 aliphatic rings. The van der Waals surface area contributed by atoms with E-state index in [1.807, 2.05) is 0 Å². The molecule has 0 spiro atoms. The quantitative estimate of drug-likeness (QED) is 0.828. The van der Waals surface area contributed by atoms with Crippen molar-refractivity contribution >= 4 is 39.5 Å². The molecule has 6 nitrogen and oxygen atoms in total. The van der Waals surface area contributed by atoms with Gasteiger partial charge in [0.25, 0.3) is 5.91 Å². The number of Topliss-reactive ketones (excluding diaryl/α,β-unsaturated/α-hetero) is 1. The number of aromatic nitrogens is 2. The lowest BCUT2D eigenvalue weighted by Crippen LogP contribution is -2.12. The lowest BCUT2D eigenvalue weighted by molar-refractivity contribution is 0.100. The largest absolute Gasteiger partial charge is 0.325 e. The summed E-state index contributed by atoms with van der Waals surface area (Å²) in [5.74, 6) is -0.485. The molecule has 2 heterocycles. The van der Waals surface area contributed by atoms with Gasteiger partial charge in [0.2, 0.25) is 0 Å². The number of ketones is 1. The van der Waals surface area contributed by atoms with Crippen molar-refractivity contribution in [3.8, 4) is 0 Å². The fourth-order valence-corrected chi connectivity index (χ4v) is 2.56. The number of nitrogens with two attached hydrogens (primary N) is 1. The number of carbonyl (C=O) groups excluding carboxylic acids is 2. The van der Waals surface area contributed by atoms with E-state index in [0.717, 1.165) is 0 Å². The number of carbonyl (C=O) groups is 2. The lowest BCUT2D eigenvalue weighted by atomic mass is 10.4. The Balaban J connectivity index is 2.08. The van der Waals surface area contributed by atoms with Gasteiger partial charge in [0, 0.05) is 24.2 Å². The smallest absolute Gasteiger partial charge is 0.276 e. The van der Waals surface area contributed by atoms with Crippen LogP contribution in [-0.2, 0) is 6.54 Å². The van der Waals surface area contributed by atoms with Gasteiger partial charge in [-0.3, -0.25) is 14.9 Å². The molecule has 0 fully saturated rings. The maximum absolute atomic E-state index is 11.8. The van der Waals surface area contributed by atoms with E-state index in [1.165, 1.54) is 29.6 Å². The van der Waals surface area contributed by atoms with Crippen LogP contribution in [0, 0.1) is 0 Å². The molecular formula is C10H10N4O2S2.